The fraction of sp³-hybridized carbons (Fsp3) is 0.263. The van der Waals surface area contributed by atoms with E-state index in [0.29, 0.717) is 5.52 Å². The second-order valence-electron chi connectivity index (χ2n) is 7.24. The number of alkyl halides is 1. The number of nitrogens with zero attached hydrogens (tertiary/aromatic N) is 3. The summed E-state index contributed by atoms with van der Waals surface area (Å²) in [4.78, 5) is 16.6. The van der Waals surface area contributed by atoms with Crippen LogP contribution in [0.2, 0.25) is 10.0 Å². The van der Waals surface area contributed by atoms with Gasteiger partial charge in [0.05, 0.1) is 44.3 Å². The third-order valence-electron chi connectivity index (χ3n) is 5.05. The van der Waals surface area contributed by atoms with E-state index in [9.17, 15) is 22.0 Å². The molecule has 0 aliphatic carbocycles. The van der Waals surface area contributed by atoms with E-state index in [1.807, 2.05) is 0 Å². The second-order valence-corrected chi connectivity index (χ2v) is 9.67. The molecule has 1 fully saturated rings. The Labute approximate surface area is 191 Å². The van der Waals surface area contributed by atoms with Crippen LogP contribution in [0.15, 0.2) is 35.4 Å². The molecular formula is C19H17Cl2F2N5O3S. The minimum absolute atomic E-state index is 0.00343. The van der Waals surface area contributed by atoms with Crippen molar-refractivity contribution in [2.24, 2.45) is 7.05 Å². The summed E-state index contributed by atoms with van der Waals surface area (Å²) >= 11 is 12.7. The van der Waals surface area contributed by atoms with Crippen molar-refractivity contribution >= 4 is 61.4 Å². The predicted octanol–water partition coefficient (Wildman–Crippen LogP) is 3.82. The van der Waals surface area contributed by atoms with E-state index in [1.54, 1.807) is 0 Å². The lowest BCUT2D eigenvalue weighted by Crippen LogP contribution is -2.34. The van der Waals surface area contributed by atoms with Crippen LogP contribution >= 0.6 is 23.2 Å². The van der Waals surface area contributed by atoms with Gasteiger partial charge >= 0.3 is 10.2 Å². The van der Waals surface area contributed by atoms with Crippen LogP contribution in [0.3, 0.4) is 0 Å². The van der Waals surface area contributed by atoms with E-state index < -0.39 is 27.8 Å². The SMILES string of the molecule is Cn1cnc2ccc(Nc3c(F)ccc(NS(=O)(=O)N4CC[C@H](F)C4)c3Cl)c(Cl)c2c1=O. The smallest absolute Gasteiger partial charge is 0.301 e. The van der Waals surface area contributed by atoms with Crippen molar-refractivity contribution in [3.63, 3.8) is 0 Å². The zero-order chi connectivity index (χ0) is 23.2. The Bertz CT molecular complexity index is 1380. The highest BCUT2D eigenvalue weighted by Crippen LogP contribution is 2.38. The summed E-state index contributed by atoms with van der Waals surface area (Å²) in [5.74, 6) is -0.779. The predicted molar refractivity (Wildman–Crippen MR) is 120 cm³/mol. The minimum atomic E-state index is -4.09. The third kappa shape index (κ3) is 4.13. The Kier molecular flexibility index (Phi) is 6.01. The number of rotatable bonds is 5. The standard InChI is InChI=1S/C19H17Cl2F2N5O3S/c1-27-9-24-12-4-5-13(16(20)15(12)19(27)29)25-18-11(23)2-3-14(17(18)21)26-32(30,31)28-7-6-10(22)8-28/h2-5,9-10,25-26H,6-8H2,1H3/t10-/m0/s1. The Hall–Kier alpha value is -2.47. The lowest BCUT2D eigenvalue weighted by Gasteiger charge is -2.19. The van der Waals surface area contributed by atoms with Crippen LogP contribution < -0.4 is 15.6 Å². The summed E-state index contributed by atoms with van der Waals surface area (Å²) in [6.45, 7) is -0.245. The van der Waals surface area contributed by atoms with Gasteiger partial charge < -0.3 is 9.88 Å². The van der Waals surface area contributed by atoms with Crippen LogP contribution in [0.1, 0.15) is 6.42 Å². The number of hydrogen-bond acceptors (Lipinski definition) is 5. The van der Waals surface area contributed by atoms with Crippen LogP contribution in [-0.2, 0) is 17.3 Å². The van der Waals surface area contributed by atoms with Gasteiger partial charge in [-0.1, -0.05) is 23.2 Å². The van der Waals surface area contributed by atoms with Gasteiger partial charge in [-0.3, -0.25) is 9.52 Å². The average molecular weight is 504 g/mol. The summed E-state index contributed by atoms with van der Waals surface area (Å²) < 4.78 is 57.5. The van der Waals surface area contributed by atoms with Crippen molar-refractivity contribution in [2.75, 3.05) is 23.1 Å². The molecule has 0 radical (unpaired) electrons. The Balaban J connectivity index is 1.70. The van der Waals surface area contributed by atoms with Crippen molar-refractivity contribution in [1.29, 1.82) is 0 Å². The molecule has 4 rings (SSSR count). The molecule has 2 heterocycles. The van der Waals surface area contributed by atoms with E-state index in [4.69, 9.17) is 23.2 Å². The molecule has 1 aliphatic heterocycles. The second kappa shape index (κ2) is 8.47. The normalized spacial score (nSPS) is 17.1. The minimum Gasteiger partial charge on any atom is -0.351 e. The van der Waals surface area contributed by atoms with Gasteiger partial charge in [-0.15, -0.1) is 0 Å². The fourth-order valence-corrected chi connectivity index (χ4v) is 5.21. The Morgan fingerprint density at radius 1 is 1.16 bits per heavy atom. The maximum Gasteiger partial charge on any atom is 0.301 e. The van der Waals surface area contributed by atoms with Gasteiger partial charge in [0.25, 0.3) is 5.56 Å². The number of benzene rings is 2. The van der Waals surface area contributed by atoms with Crippen molar-refractivity contribution in [1.82, 2.24) is 13.9 Å². The highest BCUT2D eigenvalue weighted by Gasteiger charge is 2.32. The number of aromatic nitrogens is 2. The molecule has 2 aromatic carbocycles. The number of aryl methyl sites for hydroxylation is 1. The molecule has 0 spiro atoms. The molecule has 1 aliphatic rings. The van der Waals surface area contributed by atoms with Gasteiger partial charge in [-0.25, -0.2) is 13.8 Å². The van der Waals surface area contributed by atoms with Gasteiger partial charge in [0.2, 0.25) is 0 Å². The van der Waals surface area contributed by atoms with Crippen molar-refractivity contribution in [3.8, 4) is 0 Å². The van der Waals surface area contributed by atoms with Gasteiger partial charge in [0, 0.05) is 20.1 Å². The molecule has 1 atom stereocenters. The van der Waals surface area contributed by atoms with E-state index >= 15 is 0 Å². The third-order valence-corrected chi connectivity index (χ3v) is 7.32. The monoisotopic (exact) mass is 503 g/mol. The summed E-state index contributed by atoms with van der Waals surface area (Å²) in [5.41, 5.74) is -0.224. The van der Waals surface area contributed by atoms with Crippen LogP contribution in [-0.4, -0.2) is 41.5 Å². The maximum atomic E-state index is 14.6. The number of anilines is 3. The molecule has 0 saturated carbocycles. The van der Waals surface area contributed by atoms with E-state index in [2.05, 4.69) is 15.0 Å². The zero-order valence-electron chi connectivity index (χ0n) is 16.6. The fourth-order valence-electron chi connectivity index (χ4n) is 3.34. The van der Waals surface area contributed by atoms with Gasteiger partial charge in [0.1, 0.15) is 12.0 Å². The highest BCUT2D eigenvalue weighted by molar-refractivity contribution is 7.90. The van der Waals surface area contributed by atoms with E-state index in [-0.39, 0.29) is 52.0 Å². The molecule has 0 bridgehead atoms. The number of fused-ring (bicyclic) bond motifs is 1. The number of hydrogen-bond donors (Lipinski definition) is 2. The zero-order valence-corrected chi connectivity index (χ0v) is 18.9. The lowest BCUT2D eigenvalue weighted by molar-refractivity contribution is 0.343. The van der Waals surface area contributed by atoms with E-state index in [1.165, 1.54) is 30.1 Å². The molecule has 32 heavy (non-hydrogen) atoms. The van der Waals surface area contributed by atoms with Crippen molar-refractivity contribution < 1.29 is 17.2 Å². The summed E-state index contributed by atoms with van der Waals surface area (Å²) in [6, 6.07) is 5.20. The molecule has 0 unspecified atom stereocenters. The van der Waals surface area contributed by atoms with Crippen LogP contribution in [0, 0.1) is 5.82 Å². The Morgan fingerprint density at radius 3 is 2.56 bits per heavy atom. The highest BCUT2D eigenvalue weighted by atomic mass is 35.5. The molecule has 3 aromatic rings. The van der Waals surface area contributed by atoms with Crippen LogP contribution in [0.25, 0.3) is 10.9 Å². The lowest BCUT2D eigenvalue weighted by atomic mass is 10.2. The van der Waals surface area contributed by atoms with Crippen LogP contribution in [0.4, 0.5) is 25.8 Å². The summed E-state index contributed by atoms with van der Waals surface area (Å²) in [5, 5.41) is 2.60. The largest absolute Gasteiger partial charge is 0.351 e. The first-order valence-electron chi connectivity index (χ1n) is 9.39. The van der Waals surface area contributed by atoms with Crippen LogP contribution in [0.5, 0.6) is 0 Å². The quantitative estimate of drug-likeness (QED) is 0.551. The van der Waals surface area contributed by atoms with Crippen molar-refractivity contribution in [3.05, 3.63) is 56.8 Å². The van der Waals surface area contributed by atoms with Gasteiger partial charge in [-0.2, -0.15) is 12.7 Å². The summed E-state index contributed by atoms with van der Waals surface area (Å²) in [6.07, 6.45) is 0.204. The topological polar surface area (TPSA) is 96.3 Å². The maximum absolute atomic E-state index is 14.6. The molecule has 2 N–H and O–H groups in total. The first kappa shape index (κ1) is 22.7. The molecule has 8 nitrogen and oxygen atoms in total. The number of halogens is 4. The molecule has 0 amide bonds. The molecular weight excluding hydrogens is 487 g/mol. The van der Waals surface area contributed by atoms with Gasteiger partial charge in [-0.05, 0) is 30.7 Å². The molecule has 1 saturated heterocycles. The molecule has 1 aromatic heterocycles. The van der Waals surface area contributed by atoms with E-state index in [0.717, 1.165) is 16.4 Å². The Morgan fingerprint density at radius 2 is 1.88 bits per heavy atom. The van der Waals surface area contributed by atoms with Gasteiger partial charge in [0.15, 0.2) is 0 Å². The average Bonchev–Trinajstić information content (AvgIpc) is 3.19. The molecule has 170 valence electrons. The molecule has 13 heteroatoms. The number of nitrogens with one attached hydrogen (secondary N) is 2. The summed E-state index contributed by atoms with van der Waals surface area (Å²) in [7, 11) is -2.57. The first-order chi connectivity index (χ1) is 15.1. The van der Waals surface area contributed by atoms with Crippen molar-refractivity contribution in [2.45, 2.75) is 12.6 Å². The first-order valence-corrected chi connectivity index (χ1v) is 11.6.